The molecule has 3 heteroatoms. The molecule has 3 rings (SSSR count). The van der Waals surface area contributed by atoms with Gasteiger partial charge in [0.15, 0.2) is 0 Å². The molecule has 1 heterocycles. The molecule has 1 N–H and O–H groups in total. The smallest absolute Gasteiger partial charge is 0.119 e. The number of hydrogen-bond acceptors (Lipinski definition) is 2. The SMILES string of the molecule is COc1cccc(Cn2cc(CO)c3ccccc32)c1. The van der Waals surface area contributed by atoms with Crippen LogP contribution >= 0.6 is 0 Å². The van der Waals surface area contributed by atoms with Crippen LogP contribution in [0, 0.1) is 0 Å². The zero-order valence-electron chi connectivity index (χ0n) is 11.4. The van der Waals surface area contributed by atoms with Gasteiger partial charge in [0.1, 0.15) is 5.75 Å². The van der Waals surface area contributed by atoms with Gasteiger partial charge < -0.3 is 14.4 Å². The average molecular weight is 267 g/mol. The zero-order valence-corrected chi connectivity index (χ0v) is 11.4. The minimum Gasteiger partial charge on any atom is -0.497 e. The number of aliphatic hydroxyl groups excluding tert-OH is 1. The van der Waals surface area contributed by atoms with Crippen LogP contribution in [0.25, 0.3) is 10.9 Å². The summed E-state index contributed by atoms with van der Waals surface area (Å²) in [6.45, 7) is 0.823. The van der Waals surface area contributed by atoms with Crippen LogP contribution in [0.1, 0.15) is 11.1 Å². The molecule has 3 nitrogen and oxygen atoms in total. The fourth-order valence-corrected chi connectivity index (χ4v) is 2.55. The van der Waals surface area contributed by atoms with Gasteiger partial charge in [0.2, 0.25) is 0 Å². The molecular formula is C17H17NO2. The van der Waals surface area contributed by atoms with Gasteiger partial charge in [-0.15, -0.1) is 0 Å². The third-order valence-corrected chi connectivity index (χ3v) is 3.53. The minimum atomic E-state index is 0.0611. The molecule has 0 aliphatic heterocycles. The van der Waals surface area contributed by atoms with Crippen molar-refractivity contribution in [3.05, 3.63) is 65.9 Å². The molecule has 0 bridgehead atoms. The first kappa shape index (κ1) is 12.8. The van der Waals surface area contributed by atoms with Gasteiger partial charge in [0.05, 0.1) is 13.7 Å². The molecule has 0 radical (unpaired) electrons. The van der Waals surface area contributed by atoms with Gasteiger partial charge in [-0.3, -0.25) is 0 Å². The average Bonchev–Trinajstić information content (AvgIpc) is 2.86. The Kier molecular flexibility index (Phi) is 3.44. The lowest BCUT2D eigenvalue weighted by Gasteiger charge is -2.07. The van der Waals surface area contributed by atoms with E-state index >= 15 is 0 Å². The summed E-state index contributed by atoms with van der Waals surface area (Å²) < 4.78 is 7.42. The quantitative estimate of drug-likeness (QED) is 0.787. The number of benzene rings is 2. The number of nitrogens with zero attached hydrogens (tertiary/aromatic N) is 1. The Morgan fingerprint density at radius 3 is 2.75 bits per heavy atom. The highest BCUT2D eigenvalue weighted by molar-refractivity contribution is 5.83. The van der Waals surface area contributed by atoms with Crippen LogP contribution in [-0.4, -0.2) is 16.8 Å². The Morgan fingerprint density at radius 2 is 1.95 bits per heavy atom. The second-order valence-electron chi connectivity index (χ2n) is 4.81. The molecule has 20 heavy (non-hydrogen) atoms. The number of para-hydroxylation sites is 1. The predicted molar refractivity (Wildman–Crippen MR) is 80.0 cm³/mol. The normalized spacial score (nSPS) is 10.9. The number of aliphatic hydroxyl groups is 1. The second kappa shape index (κ2) is 5.39. The molecule has 0 spiro atoms. The van der Waals surface area contributed by atoms with Crippen LogP contribution in [0.15, 0.2) is 54.7 Å². The molecule has 0 saturated heterocycles. The highest BCUT2D eigenvalue weighted by Gasteiger charge is 2.07. The molecule has 0 fully saturated rings. The number of methoxy groups -OCH3 is 1. The van der Waals surface area contributed by atoms with Crippen molar-refractivity contribution in [1.29, 1.82) is 0 Å². The largest absolute Gasteiger partial charge is 0.497 e. The van der Waals surface area contributed by atoms with E-state index in [1.165, 1.54) is 5.56 Å². The molecule has 3 aromatic rings. The van der Waals surface area contributed by atoms with Crippen molar-refractivity contribution in [1.82, 2.24) is 4.57 Å². The van der Waals surface area contributed by atoms with Gasteiger partial charge >= 0.3 is 0 Å². The lowest BCUT2D eigenvalue weighted by Crippen LogP contribution is -1.98. The van der Waals surface area contributed by atoms with E-state index < -0.39 is 0 Å². The predicted octanol–water partition coefficient (Wildman–Crippen LogP) is 3.19. The maximum atomic E-state index is 9.46. The van der Waals surface area contributed by atoms with Crippen LogP contribution in [-0.2, 0) is 13.2 Å². The summed E-state index contributed by atoms with van der Waals surface area (Å²) in [5.74, 6) is 0.862. The molecule has 0 saturated carbocycles. The Hall–Kier alpha value is -2.26. The number of aromatic nitrogens is 1. The Morgan fingerprint density at radius 1 is 1.10 bits per heavy atom. The molecule has 0 amide bonds. The molecule has 102 valence electrons. The number of fused-ring (bicyclic) bond motifs is 1. The first-order chi connectivity index (χ1) is 9.81. The molecule has 0 aliphatic rings. The van der Waals surface area contributed by atoms with E-state index in [4.69, 9.17) is 4.74 Å². The van der Waals surface area contributed by atoms with E-state index in [-0.39, 0.29) is 6.61 Å². The highest BCUT2D eigenvalue weighted by atomic mass is 16.5. The summed E-state index contributed by atoms with van der Waals surface area (Å²) in [6, 6.07) is 16.2. The lowest BCUT2D eigenvalue weighted by molar-refractivity contribution is 0.283. The van der Waals surface area contributed by atoms with Crippen LogP contribution < -0.4 is 4.74 Å². The fraction of sp³-hybridized carbons (Fsp3) is 0.176. The van der Waals surface area contributed by atoms with Gasteiger partial charge in [-0.05, 0) is 23.8 Å². The Balaban J connectivity index is 2.02. The topological polar surface area (TPSA) is 34.4 Å². The molecule has 0 atom stereocenters. The van der Waals surface area contributed by atoms with Gasteiger partial charge in [-0.1, -0.05) is 30.3 Å². The van der Waals surface area contributed by atoms with Gasteiger partial charge in [-0.25, -0.2) is 0 Å². The van der Waals surface area contributed by atoms with Crippen LogP contribution in [0.3, 0.4) is 0 Å². The fourth-order valence-electron chi connectivity index (χ4n) is 2.55. The van der Waals surface area contributed by atoms with E-state index in [1.54, 1.807) is 7.11 Å². The lowest BCUT2D eigenvalue weighted by atomic mass is 10.2. The van der Waals surface area contributed by atoms with Gasteiger partial charge in [-0.2, -0.15) is 0 Å². The van der Waals surface area contributed by atoms with E-state index in [2.05, 4.69) is 16.7 Å². The van der Waals surface area contributed by atoms with Crippen molar-refractivity contribution in [2.24, 2.45) is 0 Å². The maximum Gasteiger partial charge on any atom is 0.119 e. The summed E-state index contributed by atoms with van der Waals surface area (Å²) in [5, 5.41) is 10.6. The molecule has 2 aromatic carbocycles. The Labute approximate surface area is 118 Å². The summed E-state index contributed by atoms with van der Waals surface area (Å²) in [5.41, 5.74) is 3.28. The van der Waals surface area contributed by atoms with Crippen LogP contribution in [0.4, 0.5) is 0 Å². The standard InChI is InChI=1S/C17H17NO2/c1-20-15-6-4-5-13(9-15)10-18-11-14(12-19)16-7-2-3-8-17(16)18/h2-9,11,19H,10,12H2,1H3. The van der Waals surface area contributed by atoms with E-state index in [9.17, 15) is 5.11 Å². The molecule has 0 aliphatic carbocycles. The number of hydrogen-bond donors (Lipinski definition) is 1. The monoisotopic (exact) mass is 267 g/mol. The number of rotatable bonds is 4. The van der Waals surface area contributed by atoms with Crippen molar-refractivity contribution < 1.29 is 9.84 Å². The number of ether oxygens (including phenoxy) is 1. The van der Waals surface area contributed by atoms with Crippen molar-refractivity contribution in [3.63, 3.8) is 0 Å². The minimum absolute atomic E-state index is 0.0611. The molecule has 1 aromatic heterocycles. The highest BCUT2D eigenvalue weighted by Crippen LogP contribution is 2.23. The molecule has 0 unspecified atom stereocenters. The van der Waals surface area contributed by atoms with Crippen molar-refractivity contribution in [2.75, 3.05) is 7.11 Å². The third kappa shape index (κ3) is 2.28. The van der Waals surface area contributed by atoms with Crippen LogP contribution in [0.2, 0.25) is 0 Å². The first-order valence-electron chi connectivity index (χ1n) is 6.62. The summed E-state index contributed by atoms with van der Waals surface area (Å²) in [7, 11) is 1.67. The molecular weight excluding hydrogens is 250 g/mol. The van der Waals surface area contributed by atoms with E-state index in [0.717, 1.165) is 28.8 Å². The second-order valence-corrected chi connectivity index (χ2v) is 4.81. The van der Waals surface area contributed by atoms with Crippen molar-refractivity contribution in [2.45, 2.75) is 13.2 Å². The zero-order chi connectivity index (χ0) is 13.9. The maximum absolute atomic E-state index is 9.46. The summed E-state index contributed by atoms with van der Waals surface area (Å²) in [4.78, 5) is 0. The summed E-state index contributed by atoms with van der Waals surface area (Å²) >= 11 is 0. The van der Waals surface area contributed by atoms with Gasteiger partial charge in [0.25, 0.3) is 0 Å². The van der Waals surface area contributed by atoms with Crippen LogP contribution in [0.5, 0.6) is 5.75 Å². The van der Waals surface area contributed by atoms with Gasteiger partial charge in [0, 0.05) is 29.2 Å². The van der Waals surface area contributed by atoms with Crippen molar-refractivity contribution in [3.8, 4) is 5.75 Å². The third-order valence-electron chi connectivity index (χ3n) is 3.53. The van der Waals surface area contributed by atoms with E-state index in [0.29, 0.717) is 0 Å². The van der Waals surface area contributed by atoms with Crippen molar-refractivity contribution >= 4 is 10.9 Å². The first-order valence-corrected chi connectivity index (χ1v) is 6.62. The Bertz CT molecular complexity index is 731. The van der Waals surface area contributed by atoms with E-state index in [1.807, 2.05) is 42.6 Å². The summed E-state index contributed by atoms with van der Waals surface area (Å²) in [6.07, 6.45) is 2.02.